The molecule has 1 heterocycles. The van der Waals surface area contributed by atoms with Crippen LogP contribution >= 0.6 is 0 Å². The van der Waals surface area contributed by atoms with Gasteiger partial charge >= 0.3 is 11.7 Å². The molecule has 1 amide bonds. The van der Waals surface area contributed by atoms with E-state index in [9.17, 15) is 14.7 Å². The number of H-pyrrole nitrogens is 1. The summed E-state index contributed by atoms with van der Waals surface area (Å²) in [5.74, 6) is -0.0373. The van der Waals surface area contributed by atoms with Gasteiger partial charge in [-0.1, -0.05) is 29.1 Å². The molecule has 0 bridgehead atoms. The number of carbonyl (C=O) groups is 1. The summed E-state index contributed by atoms with van der Waals surface area (Å²) < 4.78 is 0. The number of fused-ring (bicyclic) bond motifs is 1. The third-order valence-corrected chi connectivity index (χ3v) is 3.50. The molecule has 3 N–H and O–H groups in total. The van der Waals surface area contributed by atoms with Gasteiger partial charge in [-0.05, 0) is 36.2 Å². The first kappa shape index (κ1) is 14.7. The molecule has 1 aromatic heterocycles. The summed E-state index contributed by atoms with van der Waals surface area (Å²) in [6.45, 7) is 2.23. The molecular weight excluding hydrogens is 298 g/mol. The first-order valence-electron chi connectivity index (χ1n) is 6.99. The van der Waals surface area contributed by atoms with E-state index in [0.29, 0.717) is 12.1 Å². The number of rotatable bonds is 3. The van der Waals surface area contributed by atoms with Gasteiger partial charge in [0.05, 0.1) is 10.9 Å². The number of hydrogen-bond acceptors (Lipinski definition) is 4. The number of phenolic OH excluding ortho intramolecular Hbond substituents is 1. The van der Waals surface area contributed by atoms with E-state index in [0.717, 1.165) is 16.0 Å². The van der Waals surface area contributed by atoms with E-state index in [2.05, 4.69) is 10.4 Å². The van der Waals surface area contributed by atoms with Gasteiger partial charge in [-0.2, -0.15) is 0 Å². The minimum absolute atomic E-state index is 0.0373. The highest BCUT2D eigenvalue weighted by molar-refractivity contribution is 5.79. The molecule has 7 heteroatoms. The molecule has 0 aliphatic carbocycles. The second kappa shape index (κ2) is 5.88. The van der Waals surface area contributed by atoms with Gasteiger partial charge in [0.15, 0.2) is 0 Å². The number of phenols is 1. The third-order valence-electron chi connectivity index (χ3n) is 3.50. The van der Waals surface area contributed by atoms with Crippen molar-refractivity contribution in [1.82, 2.24) is 15.3 Å². The molecular formula is C16H15N3O4. The Kier molecular flexibility index (Phi) is 3.76. The largest absolute Gasteiger partial charge is 0.508 e. The number of aromatic amines is 1. The maximum atomic E-state index is 12.1. The molecule has 23 heavy (non-hydrogen) atoms. The maximum Gasteiger partial charge on any atom is 0.433 e. The molecule has 3 aromatic rings. The van der Waals surface area contributed by atoms with Gasteiger partial charge in [-0.25, -0.2) is 4.79 Å². The van der Waals surface area contributed by atoms with Crippen molar-refractivity contribution in [2.24, 2.45) is 0 Å². The average molecular weight is 313 g/mol. The highest BCUT2D eigenvalue weighted by Gasteiger charge is 2.12. The molecule has 0 fully saturated rings. The lowest BCUT2D eigenvalue weighted by molar-refractivity contribution is 0.112. The fourth-order valence-electron chi connectivity index (χ4n) is 2.23. The fourth-order valence-corrected chi connectivity index (χ4v) is 2.23. The molecule has 0 aliphatic rings. The summed E-state index contributed by atoms with van der Waals surface area (Å²) in [6.07, 6.45) is -0.758. The van der Waals surface area contributed by atoms with Crippen molar-refractivity contribution in [1.29, 1.82) is 0 Å². The minimum atomic E-state index is -0.758. The Hall–Kier alpha value is -3.22. The van der Waals surface area contributed by atoms with E-state index in [4.69, 9.17) is 4.84 Å². The monoisotopic (exact) mass is 313 g/mol. The van der Waals surface area contributed by atoms with E-state index in [1.807, 2.05) is 31.2 Å². The molecule has 7 nitrogen and oxygen atoms in total. The number of benzene rings is 2. The smallest absolute Gasteiger partial charge is 0.433 e. The van der Waals surface area contributed by atoms with Crippen LogP contribution in [0, 0.1) is 6.92 Å². The van der Waals surface area contributed by atoms with Gasteiger partial charge in [0.1, 0.15) is 5.75 Å². The number of aromatic nitrogens is 2. The van der Waals surface area contributed by atoms with Crippen LogP contribution in [0.4, 0.5) is 4.79 Å². The molecule has 3 rings (SSSR count). The highest BCUT2D eigenvalue weighted by atomic mass is 16.7. The van der Waals surface area contributed by atoms with Crippen LogP contribution in [-0.2, 0) is 6.54 Å². The average Bonchev–Trinajstić information content (AvgIpc) is 2.83. The number of nitrogens with one attached hydrogen (secondary N) is 2. The molecule has 118 valence electrons. The Morgan fingerprint density at radius 2 is 2.09 bits per heavy atom. The minimum Gasteiger partial charge on any atom is -0.508 e. The van der Waals surface area contributed by atoms with E-state index < -0.39 is 11.7 Å². The van der Waals surface area contributed by atoms with Crippen LogP contribution in [-0.4, -0.2) is 21.1 Å². The summed E-state index contributed by atoms with van der Waals surface area (Å²) >= 11 is 0. The zero-order chi connectivity index (χ0) is 16.4. The second-order valence-corrected chi connectivity index (χ2v) is 5.10. The first-order chi connectivity index (χ1) is 11.0. The number of carbonyl (C=O) groups excluding carboxylic acids is 1. The molecule has 0 radical (unpaired) electrons. The van der Waals surface area contributed by atoms with Gasteiger partial charge in [0.25, 0.3) is 0 Å². The number of nitrogens with zero attached hydrogens (tertiary/aromatic N) is 1. The van der Waals surface area contributed by atoms with Crippen LogP contribution < -0.4 is 15.7 Å². The quantitative estimate of drug-likeness (QED) is 0.685. The number of aromatic hydroxyl groups is 1. The number of aryl methyl sites for hydroxylation is 1. The molecule has 0 spiro atoms. The SMILES string of the molecule is Cc1ccccc1CNC(=O)On1[nH]c2ccc(O)cc2c1=O. The van der Waals surface area contributed by atoms with Gasteiger partial charge < -0.3 is 10.4 Å². The Labute approximate surface area is 131 Å². The Morgan fingerprint density at radius 3 is 2.87 bits per heavy atom. The normalized spacial score (nSPS) is 10.7. The van der Waals surface area contributed by atoms with Crippen molar-refractivity contribution in [3.63, 3.8) is 0 Å². The third kappa shape index (κ3) is 3.03. The van der Waals surface area contributed by atoms with Crippen molar-refractivity contribution in [2.75, 3.05) is 0 Å². The number of amides is 1. The highest BCUT2D eigenvalue weighted by Crippen LogP contribution is 2.14. The molecule has 0 saturated carbocycles. The first-order valence-corrected chi connectivity index (χ1v) is 6.99. The van der Waals surface area contributed by atoms with Crippen LogP contribution in [0.5, 0.6) is 5.75 Å². The summed E-state index contributed by atoms with van der Waals surface area (Å²) in [7, 11) is 0. The fraction of sp³-hybridized carbons (Fsp3) is 0.125. The van der Waals surface area contributed by atoms with Crippen molar-refractivity contribution in [3.8, 4) is 5.75 Å². The van der Waals surface area contributed by atoms with Gasteiger partial charge in [0, 0.05) is 6.54 Å². The predicted molar refractivity (Wildman–Crippen MR) is 84.2 cm³/mol. The summed E-state index contributed by atoms with van der Waals surface area (Å²) in [4.78, 5) is 29.6. The summed E-state index contributed by atoms with van der Waals surface area (Å²) in [5, 5.41) is 14.9. The molecule has 0 saturated heterocycles. The van der Waals surface area contributed by atoms with Crippen LogP contribution in [0.15, 0.2) is 47.3 Å². The van der Waals surface area contributed by atoms with Gasteiger partial charge in [-0.3, -0.25) is 14.7 Å². The second-order valence-electron chi connectivity index (χ2n) is 5.10. The maximum absolute atomic E-state index is 12.1. The van der Waals surface area contributed by atoms with Gasteiger partial charge in [0.2, 0.25) is 0 Å². The Balaban J connectivity index is 1.72. The van der Waals surface area contributed by atoms with Crippen LogP contribution in [0.3, 0.4) is 0 Å². The lowest BCUT2D eigenvalue weighted by Crippen LogP contribution is -2.36. The van der Waals surface area contributed by atoms with E-state index in [1.165, 1.54) is 18.2 Å². The Bertz CT molecular complexity index is 926. The van der Waals surface area contributed by atoms with Crippen molar-refractivity contribution in [2.45, 2.75) is 13.5 Å². The zero-order valence-electron chi connectivity index (χ0n) is 12.4. The van der Waals surface area contributed by atoms with Crippen LogP contribution in [0.1, 0.15) is 11.1 Å². The van der Waals surface area contributed by atoms with E-state index in [1.54, 1.807) is 0 Å². The summed E-state index contributed by atoms with van der Waals surface area (Å²) in [6, 6.07) is 11.9. The van der Waals surface area contributed by atoms with Crippen molar-refractivity contribution < 1.29 is 14.7 Å². The zero-order valence-corrected chi connectivity index (χ0v) is 12.4. The van der Waals surface area contributed by atoms with E-state index in [-0.39, 0.29) is 11.1 Å². The molecule has 2 aromatic carbocycles. The molecule has 0 aliphatic heterocycles. The number of hydrogen-bond donors (Lipinski definition) is 3. The lowest BCUT2D eigenvalue weighted by atomic mass is 10.1. The standard InChI is InChI=1S/C16H15N3O4/c1-10-4-2-3-5-11(10)9-17-16(22)23-19-15(21)13-8-12(20)6-7-14(13)18-19/h2-8,18,20H,9H2,1H3,(H,17,22). The van der Waals surface area contributed by atoms with Crippen LogP contribution in [0.25, 0.3) is 10.9 Å². The predicted octanol–water partition coefficient (Wildman–Crippen LogP) is 1.68. The lowest BCUT2D eigenvalue weighted by Gasteiger charge is -2.07. The van der Waals surface area contributed by atoms with Gasteiger partial charge in [-0.15, -0.1) is 0 Å². The summed E-state index contributed by atoms with van der Waals surface area (Å²) in [5.41, 5.74) is 1.91. The Morgan fingerprint density at radius 1 is 1.30 bits per heavy atom. The molecule has 0 unspecified atom stereocenters. The molecule has 0 atom stereocenters. The topological polar surface area (TPSA) is 96.3 Å². The van der Waals surface area contributed by atoms with Crippen LogP contribution in [0.2, 0.25) is 0 Å². The van der Waals surface area contributed by atoms with Crippen molar-refractivity contribution >= 4 is 17.0 Å². The van der Waals surface area contributed by atoms with Crippen molar-refractivity contribution in [3.05, 3.63) is 63.9 Å². The van der Waals surface area contributed by atoms with E-state index >= 15 is 0 Å².